The number of carbonyl (C=O) groups is 1. The van der Waals surface area contributed by atoms with Crippen LogP contribution in [0.1, 0.15) is 35.4 Å². The van der Waals surface area contributed by atoms with Crippen molar-refractivity contribution in [3.8, 4) is 5.75 Å². The van der Waals surface area contributed by atoms with Gasteiger partial charge in [-0.25, -0.2) is 4.98 Å². The van der Waals surface area contributed by atoms with E-state index in [1.165, 1.54) is 6.20 Å². The first-order valence-corrected chi connectivity index (χ1v) is 7.43. The Morgan fingerprint density at radius 3 is 2.82 bits per heavy atom. The summed E-state index contributed by atoms with van der Waals surface area (Å²) in [6.45, 7) is 1.05. The number of benzene rings is 1. The highest BCUT2D eigenvalue weighted by molar-refractivity contribution is 5.91. The largest absolute Gasteiger partial charge is 0.485 e. The minimum absolute atomic E-state index is 0.00757. The number of oxazole rings is 1. The van der Waals surface area contributed by atoms with Gasteiger partial charge in [-0.2, -0.15) is 0 Å². The molecule has 0 radical (unpaired) electrons. The van der Waals surface area contributed by atoms with Crippen LogP contribution in [0.5, 0.6) is 5.75 Å². The molecule has 22 heavy (non-hydrogen) atoms. The molecule has 6 nitrogen and oxygen atoms in total. The molecule has 1 spiro atoms. The lowest BCUT2D eigenvalue weighted by molar-refractivity contribution is -0.0252. The molecular weight excluding hydrogens is 282 g/mol. The van der Waals surface area contributed by atoms with Gasteiger partial charge in [-0.05, 0) is 25.3 Å². The van der Waals surface area contributed by atoms with Crippen molar-refractivity contribution in [1.29, 1.82) is 0 Å². The molecule has 1 aliphatic carbocycles. The maximum Gasteiger partial charge on any atom is 0.292 e. The van der Waals surface area contributed by atoms with E-state index in [4.69, 9.17) is 14.9 Å². The number of anilines is 1. The smallest absolute Gasteiger partial charge is 0.292 e. The second-order valence-electron chi connectivity index (χ2n) is 5.97. The molecule has 1 aliphatic heterocycles. The van der Waals surface area contributed by atoms with Gasteiger partial charge in [0, 0.05) is 12.1 Å². The van der Waals surface area contributed by atoms with Gasteiger partial charge in [-0.15, -0.1) is 0 Å². The van der Waals surface area contributed by atoms with E-state index < -0.39 is 0 Å². The number of hydrogen-bond donors (Lipinski definition) is 1. The summed E-state index contributed by atoms with van der Waals surface area (Å²) in [5, 5.41) is 0. The number of nitrogens with zero attached hydrogens (tertiary/aromatic N) is 2. The Morgan fingerprint density at radius 2 is 2.14 bits per heavy atom. The second-order valence-corrected chi connectivity index (χ2v) is 5.97. The van der Waals surface area contributed by atoms with Crippen LogP contribution < -0.4 is 10.5 Å². The molecule has 1 aromatic heterocycles. The molecule has 2 heterocycles. The molecule has 1 saturated carbocycles. The molecular formula is C16H17N3O3. The summed E-state index contributed by atoms with van der Waals surface area (Å²) in [6.07, 6.45) is 4.43. The van der Waals surface area contributed by atoms with Crippen LogP contribution >= 0.6 is 0 Å². The van der Waals surface area contributed by atoms with E-state index >= 15 is 0 Å². The van der Waals surface area contributed by atoms with E-state index in [1.807, 2.05) is 24.3 Å². The van der Waals surface area contributed by atoms with Gasteiger partial charge >= 0.3 is 0 Å². The summed E-state index contributed by atoms with van der Waals surface area (Å²) < 4.78 is 11.4. The maximum atomic E-state index is 12.7. The molecule has 1 fully saturated rings. The number of fused-ring (bicyclic) bond motifs is 1. The van der Waals surface area contributed by atoms with Crippen LogP contribution in [0.25, 0.3) is 0 Å². The van der Waals surface area contributed by atoms with Crippen molar-refractivity contribution in [3.63, 3.8) is 0 Å². The number of aromatic nitrogens is 1. The Labute approximate surface area is 127 Å². The Morgan fingerprint density at radius 1 is 1.32 bits per heavy atom. The van der Waals surface area contributed by atoms with E-state index in [9.17, 15) is 4.79 Å². The number of rotatable bonds is 1. The fourth-order valence-electron chi connectivity index (χ4n) is 3.13. The number of nitrogens with two attached hydrogens (primary N) is 1. The standard InChI is InChI=1S/C16H17N3O3/c17-15-18-8-13(21-15)14(20)19-9-11-4-1-2-5-12(11)22-16(10-19)6-3-7-16/h1-2,4-5,8H,3,6-7,9-10H2,(H2,17,18). The van der Waals surface area contributed by atoms with Gasteiger partial charge in [-0.1, -0.05) is 18.2 Å². The van der Waals surface area contributed by atoms with E-state index in [0.29, 0.717) is 13.1 Å². The van der Waals surface area contributed by atoms with Crippen LogP contribution in [0.3, 0.4) is 0 Å². The number of hydrogen-bond acceptors (Lipinski definition) is 5. The van der Waals surface area contributed by atoms with Crippen LogP contribution in [0.2, 0.25) is 0 Å². The normalized spacial score (nSPS) is 19.0. The van der Waals surface area contributed by atoms with Crippen LogP contribution in [0.4, 0.5) is 6.01 Å². The highest BCUT2D eigenvalue weighted by Crippen LogP contribution is 2.41. The Hall–Kier alpha value is -2.50. The lowest BCUT2D eigenvalue weighted by Crippen LogP contribution is -2.52. The lowest BCUT2D eigenvalue weighted by atomic mass is 9.79. The topological polar surface area (TPSA) is 81.6 Å². The van der Waals surface area contributed by atoms with Crippen molar-refractivity contribution in [1.82, 2.24) is 9.88 Å². The molecule has 4 rings (SSSR count). The van der Waals surface area contributed by atoms with E-state index in [2.05, 4.69) is 4.98 Å². The molecule has 0 saturated heterocycles. The SMILES string of the molecule is Nc1ncc(C(=O)N2Cc3ccccc3OC3(CCC3)C2)o1. The number of amides is 1. The average molecular weight is 299 g/mol. The second kappa shape index (κ2) is 4.76. The zero-order valence-corrected chi connectivity index (χ0v) is 12.1. The number of para-hydroxylation sites is 1. The average Bonchev–Trinajstić information content (AvgIpc) is 2.82. The van der Waals surface area contributed by atoms with Gasteiger partial charge in [-0.3, -0.25) is 4.79 Å². The summed E-state index contributed by atoms with van der Waals surface area (Å²) in [6, 6.07) is 7.88. The maximum absolute atomic E-state index is 12.7. The van der Waals surface area contributed by atoms with Gasteiger partial charge in [0.25, 0.3) is 11.9 Å². The van der Waals surface area contributed by atoms with Crippen molar-refractivity contribution >= 4 is 11.9 Å². The molecule has 2 aromatic rings. The Balaban J connectivity index is 1.69. The third-order valence-corrected chi connectivity index (χ3v) is 4.43. The minimum atomic E-state index is -0.270. The van der Waals surface area contributed by atoms with Gasteiger partial charge < -0.3 is 19.8 Å². The first-order chi connectivity index (χ1) is 10.7. The predicted molar refractivity (Wildman–Crippen MR) is 79.3 cm³/mol. The molecule has 6 heteroatoms. The third kappa shape index (κ3) is 2.11. The Bertz CT molecular complexity index is 721. The van der Waals surface area contributed by atoms with Crippen molar-refractivity contribution in [2.24, 2.45) is 0 Å². The fourth-order valence-corrected chi connectivity index (χ4v) is 3.13. The van der Waals surface area contributed by atoms with Crippen molar-refractivity contribution in [2.45, 2.75) is 31.4 Å². The molecule has 0 bridgehead atoms. The molecule has 1 aromatic carbocycles. The summed E-state index contributed by atoms with van der Waals surface area (Å²) in [4.78, 5) is 18.3. The molecule has 2 aliphatic rings. The van der Waals surface area contributed by atoms with Crippen LogP contribution in [0.15, 0.2) is 34.9 Å². The van der Waals surface area contributed by atoms with Crippen molar-refractivity contribution in [2.75, 3.05) is 12.3 Å². The van der Waals surface area contributed by atoms with E-state index in [1.54, 1.807) is 4.90 Å². The summed E-state index contributed by atoms with van der Waals surface area (Å²) in [5.74, 6) is 0.844. The molecule has 0 atom stereocenters. The monoisotopic (exact) mass is 299 g/mol. The highest BCUT2D eigenvalue weighted by atomic mass is 16.5. The fraction of sp³-hybridized carbons (Fsp3) is 0.375. The van der Waals surface area contributed by atoms with Crippen LogP contribution in [-0.4, -0.2) is 27.9 Å². The van der Waals surface area contributed by atoms with Gasteiger partial charge in [0.15, 0.2) is 0 Å². The van der Waals surface area contributed by atoms with Crippen LogP contribution in [0, 0.1) is 0 Å². The summed E-state index contributed by atoms with van der Waals surface area (Å²) >= 11 is 0. The quantitative estimate of drug-likeness (QED) is 0.873. The number of carbonyl (C=O) groups excluding carboxylic acids is 1. The van der Waals surface area contributed by atoms with E-state index in [-0.39, 0.29) is 23.3 Å². The zero-order chi connectivity index (χ0) is 15.2. The predicted octanol–water partition coefficient (Wildman–Crippen LogP) is 2.21. The molecule has 0 unspecified atom stereocenters. The first kappa shape index (κ1) is 13.2. The molecule has 1 amide bonds. The van der Waals surface area contributed by atoms with Gasteiger partial charge in [0.05, 0.1) is 12.7 Å². The summed E-state index contributed by atoms with van der Waals surface area (Å²) in [7, 11) is 0. The first-order valence-electron chi connectivity index (χ1n) is 7.43. The number of nitrogen functional groups attached to an aromatic ring is 1. The highest BCUT2D eigenvalue weighted by Gasteiger charge is 2.44. The van der Waals surface area contributed by atoms with E-state index in [0.717, 1.165) is 30.6 Å². The minimum Gasteiger partial charge on any atom is -0.485 e. The zero-order valence-electron chi connectivity index (χ0n) is 12.1. The van der Waals surface area contributed by atoms with Crippen LogP contribution in [-0.2, 0) is 6.54 Å². The third-order valence-electron chi connectivity index (χ3n) is 4.43. The summed E-state index contributed by atoms with van der Waals surface area (Å²) in [5.41, 5.74) is 6.21. The van der Waals surface area contributed by atoms with Crippen molar-refractivity contribution < 1.29 is 13.9 Å². The Kier molecular flexibility index (Phi) is 2.85. The molecule has 114 valence electrons. The van der Waals surface area contributed by atoms with Gasteiger partial charge in [0.2, 0.25) is 5.76 Å². The molecule has 2 N–H and O–H groups in total. The number of ether oxygens (including phenoxy) is 1. The lowest BCUT2D eigenvalue weighted by Gasteiger charge is -2.42. The van der Waals surface area contributed by atoms with Crippen molar-refractivity contribution in [3.05, 3.63) is 41.8 Å². The van der Waals surface area contributed by atoms with Gasteiger partial charge in [0.1, 0.15) is 11.4 Å².